The molecule has 1 aromatic heterocycles. The minimum absolute atomic E-state index is 0.235. The quantitative estimate of drug-likeness (QED) is 0.499. The molecule has 1 fully saturated rings. The Labute approximate surface area is 142 Å². The third-order valence-corrected chi connectivity index (χ3v) is 3.59. The van der Waals surface area contributed by atoms with Gasteiger partial charge in [0.25, 0.3) is 5.79 Å². The first kappa shape index (κ1) is 16.6. The molecule has 130 valence electrons. The van der Waals surface area contributed by atoms with Gasteiger partial charge in [0.2, 0.25) is 0 Å². The van der Waals surface area contributed by atoms with E-state index >= 15 is 0 Å². The highest BCUT2D eigenvalue weighted by atomic mass is 16.7. The number of anilines is 1. The van der Waals surface area contributed by atoms with Crippen LogP contribution in [-0.4, -0.2) is 35.8 Å². The third kappa shape index (κ3) is 3.18. The monoisotopic (exact) mass is 344 g/mol. The normalized spacial score (nSPS) is 16.2. The number of aromatic nitrogens is 1. The van der Waals surface area contributed by atoms with Crippen LogP contribution >= 0.6 is 0 Å². The summed E-state index contributed by atoms with van der Waals surface area (Å²) in [5.74, 6) is -3.24. The summed E-state index contributed by atoms with van der Waals surface area (Å²) in [6.07, 6.45) is 2.78. The second-order valence-electron chi connectivity index (χ2n) is 5.84. The summed E-state index contributed by atoms with van der Waals surface area (Å²) in [5.41, 5.74) is 1.48. The molecule has 0 saturated carbocycles. The molecule has 0 spiro atoms. The fourth-order valence-corrected chi connectivity index (χ4v) is 2.43. The number of hydrogen-bond donors (Lipinski definition) is 2. The van der Waals surface area contributed by atoms with Crippen LogP contribution in [0.3, 0.4) is 0 Å². The van der Waals surface area contributed by atoms with E-state index in [4.69, 9.17) is 14.2 Å². The van der Waals surface area contributed by atoms with Gasteiger partial charge >= 0.3 is 17.9 Å². The Hall–Kier alpha value is -3.29. The second kappa shape index (κ2) is 5.97. The Bertz CT molecular complexity index is 887. The summed E-state index contributed by atoms with van der Waals surface area (Å²) in [6, 6.07) is 5.14. The predicted molar refractivity (Wildman–Crippen MR) is 87.6 cm³/mol. The second-order valence-corrected chi connectivity index (χ2v) is 5.84. The summed E-state index contributed by atoms with van der Waals surface area (Å²) < 4.78 is 14.7. The van der Waals surface area contributed by atoms with Crippen molar-refractivity contribution in [1.82, 2.24) is 4.98 Å². The molecule has 0 atom stereocenters. The van der Waals surface area contributed by atoms with Gasteiger partial charge in [0.1, 0.15) is 0 Å². The predicted octanol–water partition coefficient (Wildman–Crippen LogP) is 2.09. The van der Waals surface area contributed by atoms with Crippen molar-refractivity contribution in [1.29, 1.82) is 0 Å². The Morgan fingerprint density at radius 3 is 2.56 bits per heavy atom. The minimum atomic E-state index is -1.28. The number of esters is 3. The van der Waals surface area contributed by atoms with Crippen LogP contribution in [0.2, 0.25) is 0 Å². The molecule has 2 aromatic rings. The van der Waals surface area contributed by atoms with Crippen molar-refractivity contribution in [2.45, 2.75) is 19.6 Å². The van der Waals surface area contributed by atoms with Gasteiger partial charge in [-0.15, -0.1) is 0 Å². The minimum Gasteiger partial charge on any atom is -0.465 e. The smallest absolute Gasteiger partial charge is 0.350 e. The first-order chi connectivity index (χ1) is 11.8. The van der Waals surface area contributed by atoms with Crippen LogP contribution in [0.15, 0.2) is 36.2 Å². The van der Waals surface area contributed by atoms with Gasteiger partial charge in [-0.1, -0.05) is 0 Å². The number of carbonyl (C=O) groups is 3. The van der Waals surface area contributed by atoms with Crippen molar-refractivity contribution in [2.24, 2.45) is 0 Å². The number of H-pyrrole nitrogens is 1. The average Bonchev–Trinajstić information content (AvgIpc) is 2.95. The van der Waals surface area contributed by atoms with E-state index < -0.39 is 23.7 Å². The van der Waals surface area contributed by atoms with Gasteiger partial charge in [-0.05, 0) is 18.2 Å². The van der Waals surface area contributed by atoms with E-state index in [1.807, 2.05) is 0 Å². The molecule has 3 rings (SSSR count). The fourth-order valence-electron chi connectivity index (χ4n) is 2.43. The molecule has 1 aliphatic rings. The number of rotatable bonds is 3. The van der Waals surface area contributed by atoms with Gasteiger partial charge < -0.3 is 24.5 Å². The highest BCUT2D eigenvalue weighted by molar-refractivity contribution is 6.15. The van der Waals surface area contributed by atoms with Crippen LogP contribution in [0.4, 0.5) is 5.69 Å². The zero-order chi connectivity index (χ0) is 18.2. The van der Waals surface area contributed by atoms with Crippen LogP contribution < -0.4 is 5.32 Å². The molecule has 1 aliphatic heterocycles. The lowest BCUT2D eigenvalue weighted by molar-refractivity contribution is -0.222. The third-order valence-electron chi connectivity index (χ3n) is 3.59. The van der Waals surface area contributed by atoms with Crippen molar-refractivity contribution in [3.05, 3.63) is 41.7 Å². The molecule has 0 unspecified atom stereocenters. The summed E-state index contributed by atoms with van der Waals surface area (Å²) in [4.78, 5) is 38.4. The highest BCUT2D eigenvalue weighted by Crippen LogP contribution is 2.25. The summed E-state index contributed by atoms with van der Waals surface area (Å²) in [5, 5.41) is 3.54. The van der Waals surface area contributed by atoms with Crippen LogP contribution in [0, 0.1) is 0 Å². The Kier molecular flexibility index (Phi) is 3.96. The van der Waals surface area contributed by atoms with E-state index in [-0.39, 0.29) is 5.57 Å². The number of hydrogen-bond acceptors (Lipinski definition) is 7. The number of benzene rings is 1. The van der Waals surface area contributed by atoms with E-state index in [9.17, 15) is 14.4 Å². The van der Waals surface area contributed by atoms with Crippen molar-refractivity contribution in [2.75, 3.05) is 12.4 Å². The molecule has 2 heterocycles. The number of aromatic amines is 1. The van der Waals surface area contributed by atoms with E-state index in [2.05, 4.69) is 10.3 Å². The van der Waals surface area contributed by atoms with Gasteiger partial charge in [0.15, 0.2) is 5.57 Å². The van der Waals surface area contributed by atoms with Gasteiger partial charge in [-0.25, -0.2) is 14.4 Å². The van der Waals surface area contributed by atoms with E-state index in [1.165, 1.54) is 27.2 Å². The summed E-state index contributed by atoms with van der Waals surface area (Å²) >= 11 is 0. The number of carbonyl (C=O) groups excluding carboxylic acids is 3. The Morgan fingerprint density at radius 1 is 1.24 bits per heavy atom. The van der Waals surface area contributed by atoms with Crippen LogP contribution in [0.1, 0.15) is 24.2 Å². The first-order valence-electron chi connectivity index (χ1n) is 7.43. The molecule has 0 bridgehead atoms. The molecule has 1 aromatic carbocycles. The van der Waals surface area contributed by atoms with Crippen LogP contribution in [0.5, 0.6) is 0 Å². The maximum absolute atomic E-state index is 11.9. The standard InChI is InChI=1S/C17H16N2O6/c1-17(2)24-15(21)12(16(22)25-17)8-18-9-4-5-10-11(14(20)23-3)7-19-13(10)6-9/h4-8,18-19H,1-3H3. The first-order valence-corrected chi connectivity index (χ1v) is 7.43. The lowest BCUT2D eigenvalue weighted by atomic mass is 10.1. The number of nitrogens with one attached hydrogen (secondary N) is 2. The molecule has 0 aliphatic carbocycles. The van der Waals surface area contributed by atoms with E-state index in [1.54, 1.807) is 24.4 Å². The maximum atomic E-state index is 11.9. The fraction of sp³-hybridized carbons (Fsp3) is 0.235. The zero-order valence-electron chi connectivity index (χ0n) is 13.8. The van der Waals surface area contributed by atoms with Gasteiger partial charge in [-0.2, -0.15) is 0 Å². The topological polar surface area (TPSA) is 107 Å². The Balaban J connectivity index is 1.83. The Morgan fingerprint density at radius 2 is 1.92 bits per heavy atom. The van der Waals surface area contributed by atoms with E-state index in [0.29, 0.717) is 22.2 Å². The molecular weight excluding hydrogens is 328 g/mol. The SMILES string of the molecule is COC(=O)c1c[nH]c2cc(NC=C3C(=O)OC(C)(C)OC3=O)ccc12. The molecular formula is C17H16N2O6. The molecule has 25 heavy (non-hydrogen) atoms. The molecule has 8 heteroatoms. The molecule has 1 saturated heterocycles. The van der Waals surface area contributed by atoms with Crippen molar-refractivity contribution in [3.8, 4) is 0 Å². The molecule has 8 nitrogen and oxygen atoms in total. The highest BCUT2D eigenvalue weighted by Gasteiger charge is 2.38. The van der Waals surface area contributed by atoms with Crippen LogP contribution in [0.25, 0.3) is 10.9 Å². The molecule has 2 N–H and O–H groups in total. The van der Waals surface area contributed by atoms with Crippen molar-refractivity contribution < 1.29 is 28.6 Å². The number of ether oxygens (including phenoxy) is 3. The number of methoxy groups -OCH3 is 1. The largest absolute Gasteiger partial charge is 0.465 e. The zero-order valence-corrected chi connectivity index (χ0v) is 13.8. The van der Waals surface area contributed by atoms with Gasteiger partial charge in [0.05, 0.1) is 12.7 Å². The van der Waals surface area contributed by atoms with Crippen LogP contribution in [-0.2, 0) is 23.8 Å². The number of cyclic esters (lactones) is 2. The van der Waals surface area contributed by atoms with Crippen molar-refractivity contribution in [3.63, 3.8) is 0 Å². The maximum Gasteiger partial charge on any atom is 0.350 e. The summed E-state index contributed by atoms with van der Waals surface area (Å²) in [6.45, 7) is 2.95. The van der Waals surface area contributed by atoms with E-state index in [0.717, 1.165) is 0 Å². The van der Waals surface area contributed by atoms with Gasteiger partial charge in [0, 0.05) is 42.8 Å². The molecule has 0 radical (unpaired) electrons. The average molecular weight is 344 g/mol. The lowest BCUT2D eigenvalue weighted by Gasteiger charge is -2.29. The number of fused-ring (bicyclic) bond motifs is 1. The molecule has 0 amide bonds. The lowest BCUT2D eigenvalue weighted by Crippen LogP contribution is -2.42. The van der Waals surface area contributed by atoms with Crippen molar-refractivity contribution >= 4 is 34.5 Å². The summed E-state index contributed by atoms with van der Waals surface area (Å²) in [7, 11) is 1.31. The van der Waals surface area contributed by atoms with Gasteiger partial charge in [-0.3, -0.25) is 0 Å².